The first-order valence-electron chi connectivity index (χ1n) is 5.80. The lowest BCUT2D eigenvalue weighted by Crippen LogP contribution is -2.40. The molecule has 0 aromatic carbocycles. The predicted molar refractivity (Wildman–Crippen MR) is 73.8 cm³/mol. The van der Waals surface area contributed by atoms with E-state index in [-0.39, 0.29) is 23.9 Å². The van der Waals surface area contributed by atoms with Gasteiger partial charge in [0, 0.05) is 7.05 Å². The van der Waals surface area contributed by atoms with Gasteiger partial charge in [0.05, 0.1) is 13.2 Å². The number of carbonyl (C=O) groups is 2. The van der Waals surface area contributed by atoms with Gasteiger partial charge in [0.15, 0.2) is 0 Å². The van der Waals surface area contributed by atoms with E-state index in [1.165, 1.54) is 13.1 Å². The van der Waals surface area contributed by atoms with Gasteiger partial charge in [-0.2, -0.15) is 4.31 Å². The summed E-state index contributed by atoms with van der Waals surface area (Å²) in [6.45, 7) is 1.24. The number of esters is 1. The highest BCUT2D eigenvalue weighted by Gasteiger charge is 2.23. The van der Waals surface area contributed by atoms with E-state index in [1.54, 1.807) is 18.4 Å². The second-order valence-corrected chi connectivity index (χ2v) is 6.99. The van der Waals surface area contributed by atoms with Crippen LogP contribution in [0.1, 0.15) is 6.92 Å². The first-order chi connectivity index (χ1) is 9.37. The number of rotatable bonds is 7. The number of hydrogen-bond donors (Lipinski definition) is 1. The molecule has 1 aromatic rings. The second-order valence-electron chi connectivity index (χ2n) is 3.77. The molecule has 1 heterocycles. The molecule has 1 aromatic heterocycles. The molecule has 0 saturated carbocycles. The molecule has 0 aliphatic carbocycles. The number of nitrogens with zero attached hydrogens (tertiary/aromatic N) is 1. The fourth-order valence-corrected chi connectivity index (χ4v) is 3.62. The molecule has 0 atom stereocenters. The van der Waals surface area contributed by atoms with Gasteiger partial charge in [0.1, 0.15) is 10.8 Å². The van der Waals surface area contributed by atoms with Gasteiger partial charge in [0.2, 0.25) is 5.91 Å². The summed E-state index contributed by atoms with van der Waals surface area (Å²) in [7, 11) is -2.36. The third-order valence-corrected chi connectivity index (χ3v) is 5.44. The van der Waals surface area contributed by atoms with Crippen molar-refractivity contribution >= 4 is 33.2 Å². The Labute approximate surface area is 121 Å². The van der Waals surface area contributed by atoms with Gasteiger partial charge in [-0.1, -0.05) is 6.07 Å². The zero-order chi connectivity index (χ0) is 15.2. The van der Waals surface area contributed by atoms with Crippen LogP contribution in [0.2, 0.25) is 0 Å². The predicted octanol–water partition coefficient (Wildman–Crippen LogP) is 0.0479. The highest BCUT2D eigenvalue weighted by atomic mass is 32.2. The van der Waals surface area contributed by atoms with Gasteiger partial charge >= 0.3 is 5.97 Å². The Bertz CT molecular complexity index is 553. The number of nitrogens with one attached hydrogen (secondary N) is 1. The molecule has 0 unspecified atom stereocenters. The summed E-state index contributed by atoms with van der Waals surface area (Å²) in [5.74, 6) is -1.13. The largest absolute Gasteiger partial charge is 0.465 e. The average Bonchev–Trinajstić information content (AvgIpc) is 2.91. The molecule has 0 aliphatic heterocycles. The Hall–Kier alpha value is -1.45. The SMILES string of the molecule is CCOC(=O)CNC(=O)CN(C)S(=O)(=O)c1cccs1. The smallest absolute Gasteiger partial charge is 0.325 e. The highest BCUT2D eigenvalue weighted by molar-refractivity contribution is 7.91. The van der Waals surface area contributed by atoms with E-state index in [0.717, 1.165) is 15.6 Å². The molecule has 0 saturated heterocycles. The summed E-state index contributed by atoms with van der Waals surface area (Å²) in [5.41, 5.74) is 0. The summed E-state index contributed by atoms with van der Waals surface area (Å²) < 4.78 is 29.8. The number of sulfonamides is 1. The van der Waals surface area contributed by atoms with Crippen molar-refractivity contribution in [3.05, 3.63) is 17.5 Å². The van der Waals surface area contributed by atoms with Crippen molar-refractivity contribution in [3.63, 3.8) is 0 Å². The maximum Gasteiger partial charge on any atom is 0.325 e. The van der Waals surface area contributed by atoms with E-state index in [0.29, 0.717) is 0 Å². The van der Waals surface area contributed by atoms with Crippen LogP contribution in [0.4, 0.5) is 0 Å². The van der Waals surface area contributed by atoms with Crippen LogP contribution in [-0.2, 0) is 24.3 Å². The molecule has 1 rings (SSSR count). The van der Waals surface area contributed by atoms with Crippen molar-refractivity contribution in [3.8, 4) is 0 Å². The molecule has 1 N–H and O–H groups in total. The normalized spacial score (nSPS) is 11.3. The van der Waals surface area contributed by atoms with E-state index in [9.17, 15) is 18.0 Å². The molecule has 7 nitrogen and oxygen atoms in total. The van der Waals surface area contributed by atoms with Gasteiger partial charge in [-0.3, -0.25) is 9.59 Å². The molecule has 0 spiro atoms. The van der Waals surface area contributed by atoms with Gasteiger partial charge < -0.3 is 10.1 Å². The average molecular weight is 320 g/mol. The lowest BCUT2D eigenvalue weighted by molar-refractivity contribution is -0.143. The Morgan fingerprint density at radius 2 is 2.15 bits per heavy atom. The lowest BCUT2D eigenvalue weighted by atomic mass is 10.5. The van der Waals surface area contributed by atoms with Crippen molar-refractivity contribution in [2.45, 2.75) is 11.1 Å². The number of carbonyl (C=O) groups excluding carboxylic acids is 2. The summed E-state index contributed by atoms with van der Waals surface area (Å²) >= 11 is 1.07. The zero-order valence-electron chi connectivity index (χ0n) is 11.2. The summed E-state index contributed by atoms with van der Waals surface area (Å²) in [5, 5.41) is 3.94. The van der Waals surface area contributed by atoms with Crippen LogP contribution in [0, 0.1) is 0 Å². The number of thiophene rings is 1. The van der Waals surface area contributed by atoms with Gasteiger partial charge in [-0.15, -0.1) is 11.3 Å². The van der Waals surface area contributed by atoms with Crippen LogP contribution < -0.4 is 5.32 Å². The summed E-state index contributed by atoms with van der Waals surface area (Å²) in [4.78, 5) is 22.6. The number of ether oxygens (including phenoxy) is 1. The van der Waals surface area contributed by atoms with Crippen molar-refractivity contribution in [2.75, 3.05) is 26.7 Å². The summed E-state index contributed by atoms with van der Waals surface area (Å²) in [6.07, 6.45) is 0. The van der Waals surface area contributed by atoms with Crippen LogP contribution in [0.5, 0.6) is 0 Å². The van der Waals surface area contributed by atoms with E-state index in [1.807, 2.05) is 0 Å². The van der Waals surface area contributed by atoms with Gasteiger partial charge in [-0.25, -0.2) is 8.42 Å². The molecule has 0 bridgehead atoms. The summed E-state index contributed by atoms with van der Waals surface area (Å²) in [6, 6.07) is 3.08. The molecular weight excluding hydrogens is 304 g/mol. The maximum atomic E-state index is 12.0. The fourth-order valence-electron chi connectivity index (χ4n) is 1.29. The minimum Gasteiger partial charge on any atom is -0.465 e. The van der Waals surface area contributed by atoms with Crippen molar-refractivity contribution < 1.29 is 22.7 Å². The highest BCUT2D eigenvalue weighted by Crippen LogP contribution is 2.19. The Morgan fingerprint density at radius 1 is 1.45 bits per heavy atom. The first kappa shape index (κ1) is 16.6. The fraction of sp³-hybridized carbons (Fsp3) is 0.455. The molecule has 112 valence electrons. The molecular formula is C11H16N2O5S2. The molecule has 0 aliphatic rings. The molecule has 1 amide bonds. The molecule has 20 heavy (non-hydrogen) atoms. The number of amides is 1. The van der Waals surface area contributed by atoms with Crippen LogP contribution >= 0.6 is 11.3 Å². The molecule has 0 fully saturated rings. The standard InChI is InChI=1S/C11H16N2O5S2/c1-3-18-10(15)7-12-9(14)8-13(2)20(16,17)11-5-4-6-19-11/h4-6H,3,7-8H2,1-2H3,(H,12,14). The zero-order valence-corrected chi connectivity index (χ0v) is 12.8. The Morgan fingerprint density at radius 3 is 2.70 bits per heavy atom. The minimum absolute atomic E-state index is 0.165. The maximum absolute atomic E-state index is 12.0. The Balaban J connectivity index is 2.52. The van der Waals surface area contributed by atoms with E-state index < -0.39 is 21.9 Å². The quantitative estimate of drug-likeness (QED) is 0.717. The molecule has 9 heteroatoms. The second kappa shape index (κ2) is 7.36. The van der Waals surface area contributed by atoms with Gasteiger partial charge in [-0.05, 0) is 18.4 Å². The monoisotopic (exact) mass is 320 g/mol. The van der Waals surface area contributed by atoms with Crippen LogP contribution in [0.25, 0.3) is 0 Å². The minimum atomic E-state index is -3.66. The first-order valence-corrected chi connectivity index (χ1v) is 8.12. The van der Waals surface area contributed by atoms with Crippen LogP contribution in [0.15, 0.2) is 21.7 Å². The van der Waals surface area contributed by atoms with Crippen molar-refractivity contribution in [2.24, 2.45) is 0 Å². The van der Waals surface area contributed by atoms with E-state index in [2.05, 4.69) is 10.1 Å². The van der Waals surface area contributed by atoms with Crippen LogP contribution in [0.3, 0.4) is 0 Å². The number of hydrogen-bond acceptors (Lipinski definition) is 6. The molecule has 0 radical (unpaired) electrons. The van der Waals surface area contributed by atoms with E-state index in [4.69, 9.17) is 0 Å². The Kier molecular flexibility index (Phi) is 6.11. The van der Waals surface area contributed by atoms with Crippen molar-refractivity contribution in [1.82, 2.24) is 9.62 Å². The number of likely N-dealkylation sites (N-methyl/N-ethyl adjacent to an activating group) is 1. The van der Waals surface area contributed by atoms with Gasteiger partial charge in [0.25, 0.3) is 10.0 Å². The van der Waals surface area contributed by atoms with Crippen molar-refractivity contribution in [1.29, 1.82) is 0 Å². The third-order valence-electron chi connectivity index (χ3n) is 2.26. The van der Waals surface area contributed by atoms with Crippen LogP contribution in [-0.4, -0.2) is 51.3 Å². The topological polar surface area (TPSA) is 92.8 Å². The van der Waals surface area contributed by atoms with E-state index >= 15 is 0 Å². The lowest BCUT2D eigenvalue weighted by Gasteiger charge is -2.15. The third kappa shape index (κ3) is 4.58.